The molecule has 0 aliphatic rings. The molecule has 0 unspecified atom stereocenters. The summed E-state index contributed by atoms with van der Waals surface area (Å²) in [5, 5.41) is 3.13. The molecule has 0 bridgehead atoms. The first-order valence-electron chi connectivity index (χ1n) is 5.87. The van der Waals surface area contributed by atoms with Crippen molar-refractivity contribution in [3.05, 3.63) is 42.4 Å². The van der Waals surface area contributed by atoms with Crippen molar-refractivity contribution in [2.75, 3.05) is 5.32 Å². The summed E-state index contributed by atoms with van der Waals surface area (Å²) in [6, 6.07) is 5.64. The van der Waals surface area contributed by atoms with Crippen molar-refractivity contribution < 1.29 is 4.74 Å². The van der Waals surface area contributed by atoms with Gasteiger partial charge in [-0.3, -0.25) is 0 Å². The van der Waals surface area contributed by atoms with E-state index in [1.165, 1.54) is 0 Å². The molecular weight excluding hydrogens is 228 g/mol. The van der Waals surface area contributed by atoms with Crippen LogP contribution in [0.15, 0.2) is 36.8 Å². The molecule has 0 saturated heterocycles. The molecule has 5 heteroatoms. The predicted octanol–water partition coefficient (Wildman–Crippen LogP) is 2.27. The lowest BCUT2D eigenvalue weighted by atomic mass is 10.2. The van der Waals surface area contributed by atoms with Gasteiger partial charge in [-0.1, -0.05) is 6.07 Å². The quantitative estimate of drug-likeness (QED) is 0.874. The number of aromatic nitrogens is 3. The van der Waals surface area contributed by atoms with E-state index in [0.29, 0.717) is 18.4 Å². The molecule has 0 aliphatic carbocycles. The molecule has 2 heterocycles. The van der Waals surface area contributed by atoms with E-state index in [4.69, 9.17) is 4.74 Å². The zero-order valence-electron chi connectivity index (χ0n) is 10.5. The second-order valence-corrected chi connectivity index (χ2v) is 4.06. The summed E-state index contributed by atoms with van der Waals surface area (Å²) in [6.07, 6.45) is 5.22. The van der Waals surface area contributed by atoms with Crippen molar-refractivity contribution in [2.45, 2.75) is 26.5 Å². The highest BCUT2D eigenvalue weighted by molar-refractivity contribution is 5.31. The standard InChI is InChI=1S/C13H16N4O/c1-10(2)18-12-11(5-3-6-14-12)9-17-13-15-7-4-8-16-13/h3-8,10H,9H2,1-2H3,(H,15,16,17). The molecule has 1 N–H and O–H groups in total. The number of rotatable bonds is 5. The first-order chi connectivity index (χ1) is 8.75. The van der Waals surface area contributed by atoms with Gasteiger partial charge in [0.1, 0.15) is 0 Å². The molecule has 5 nitrogen and oxygen atoms in total. The largest absolute Gasteiger partial charge is 0.475 e. The Bertz CT molecular complexity index is 487. The number of hydrogen-bond donors (Lipinski definition) is 1. The topological polar surface area (TPSA) is 59.9 Å². The van der Waals surface area contributed by atoms with E-state index in [-0.39, 0.29) is 6.10 Å². The average Bonchev–Trinajstić information content (AvgIpc) is 2.38. The molecular formula is C13H16N4O. The smallest absolute Gasteiger partial charge is 0.222 e. The van der Waals surface area contributed by atoms with Crippen molar-refractivity contribution in [1.29, 1.82) is 0 Å². The summed E-state index contributed by atoms with van der Waals surface area (Å²) in [5.74, 6) is 1.24. The van der Waals surface area contributed by atoms with Crippen LogP contribution >= 0.6 is 0 Å². The number of nitrogens with zero attached hydrogens (tertiary/aromatic N) is 3. The van der Waals surface area contributed by atoms with Gasteiger partial charge in [-0.05, 0) is 26.0 Å². The van der Waals surface area contributed by atoms with E-state index in [2.05, 4.69) is 20.3 Å². The Balaban J connectivity index is 2.05. The highest BCUT2D eigenvalue weighted by atomic mass is 16.5. The van der Waals surface area contributed by atoms with Crippen LogP contribution < -0.4 is 10.1 Å². The van der Waals surface area contributed by atoms with Crippen LogP contribution in [0.3, 0.4) is 0 Å². The van der Waals surface area contributed by atoms with Crippen LogP contribution in [0.5, 0.6) is 5.88 Å². The summed E-state index contributed by atoms with van der Waals surface area (Å²) in [4.78, 5) is 12.4. The van der Waals surface area contributed by atoms with Crippen LogP contribution in [-0.4, -0.2) is 21.1 Å². The number of ether oxygens (including phenoxy) is 1. The molecule has 0 spiro atoms. The zero-order chi connectivity index (χ0) is 12.8. The maximum atomic E-state index is 5.64. The third-order valence-electron chi connectivity index (χ3n) is 2.20. The molecule has 0 amide bonds. The normalized spacial score (nSPS) is 10.4. The molecule has 2 aromatic heterocycles. The van der Waals surface area contributed by atoms with Crippen LogP contribution in [0, 0.1) is 0 Å². The molecule has 2 rings (SSSR count). The summed E-state index contributed by atoms with van der Waals surface area (Å²) in [6.45, 7) is 4.54. The van der Waals surface area contributed by atoms with Crippen molar-refractivity contribution >= 4 is 5.95 Å². The number of pyridine rings is 1. The summed E-state index contributed by atoms with van der Waals surface area (Å²) in [7, 11) is 0. The molecule has 94 valence electrons. The predicted molar refractivity (Wildman–Crippen MR) is 69.4 cm³/mol. The first-order valence-corrected chi connectivity index (χ1v) is 5.87. The highest BCUT2D eigenvalue weighted by Gasteiger charge is 2.06. The Hall–Kier alpha value is -2.17. The van der Waals surface area contributed by atoms with Crippen LogP contribution in [0.25, 0.3) is 0 Å². The van der Waals surface area contributed by atoms with Crippen LogP contribution in [0.4, 0.5) is 5.95 Å². The minimum Gasteiger partial charge on any atom is -0.475 e. The van der Waals surface area contributed by atoms with Gasteiger partial charge in [0.05, 0.1) is 6.10 Å². The zero-order valence-corrected chi connectivity index (χ0v) is 10.5. The van der Waals surface area contributed by atoms with Gasteiger partial charge < -0.3 is 10.1 Å². The van der Waals surface area contributed by atoms with Crippen LogP contribution in [-0.2, 0) is 6.54 Å². The minimum absolute atomic E-state index is 0.103. The third-order valence-corrected chi connectivity index (χ3v) is 2.20. The third kappa shape index (κ3) is 3.41. The molecule has 0 saturated carbocycles. The van der Waals surface area contributed by atoms with Crippen LogP contribution in [0.1, 0.15) is 19.4 Å². The Morgan fingerprint density at radius 2 is 1.83 bits per heavy atom. The maximum absolute atomic E-state index is 5.64. The van der Waals surface area contributed by atoms with Gasteiger partial charge in [-0.25, -0.2) is 15.0 Å². The van der Waals surface area contributed by atoms with Crippen LogP contribution in [0.2, 0.25) is 0 Å². The van der Waals surface area contributed by atoms with Crippen molar-refractivity contribution in [1.82, 2.24) is 15.0 Å². The SMILES string of the molecule is CC(C)Oc1ncccc1CNc1ncccn1. The molecule has 2 aromatic rings. The van der Waals surface area contributed by atoms with Gasteiger partial charge >= 0.3 is 0 Å². The van der Waals surface area contributed by atoms with Crippen molar-refractivity contribution in [2.24, 2.45) is 0 Å². The lowest BCUT2D eigenvalue weighted by Gasteiger charge is -2.13. The van der Waals surface area contributed by atoms with E-state index in [9.17, 15) is 0 Å². The Kier molecular flexibility index (Phi) is 4.06. The molecule has 0 radical (unpaired) electrons. The van der Waals surface area contributed by atoms with Crippen molar-refractivity contribution in [3.8, 4) is 5.88 Å². The number of anilines is 1. The number of hydrogen-bond acceptors (Lipinski definition) is 5. The van der Waals surface area contributed by atoms with E-state index >= 15 is 0 Å². The molecule has 0 fully saturated rings. The fraction of sp³-hybridized carbons (Fsp3) is 0.308. The van der Waals surface area contributed by atoms with Gasteiger partial charge in [-0.2, -0.15) is 0 Å². The van der Waals surface area contributed by atoms with E-state index in [0.717, 1.165) is 5.56 Å². The Morgan fingerprint density at radius 1 is 1.11 bits per heavy atom. The van der Waals surface area contributed by atoms with Gasteiger partial charge in [0, 0.05) is 30.7 Å². The van der Waals surface area contributed by atoms with Gasteiger partial charge in [0.15, 0.2) is 0 Å². The lowest BCUT2D eigenvalue weighted by molar-refractivity contribution is 0.230. The maximum Gasteiger partial charge on any atom is 0.222 e. The van der Waals surface area contributed by atoms with E-state index in [1.807, 2.05) is 26.0 Å². The fourth-order valence-corrected chi connectivity index (χ4v) is 1.45. The molecule has 0 aliphatic heterocycles. The van der Waals surface area contributed by atoms with Crippen molar-refractivity contribution in [3.63, 3.8) is 0 Å². The molecule has 0 atom stereocenters. The lowest BCUT2D eigenvalue weighted by Crippen LogP contribution is -2.11. The number of nitrogens with one attached hydrogen (secondary N) is 1. The Labute approximate surface area is 106 Å². The summed E-state index contributed by atoms with van der Waals surface area (Å²) in [5.41, 5.74) is 0.985. The summed E-state index contributed by atoms with van der Waals surface area (Å²) >= 11 is 0. The second kappa shape index (κ2) is 5.95. The fourth-order valence-electron chi connectivity index (χ4n) is 1.45. The first kappa shape index (κ1) is 12.3. The minimum atomic E-state index is 0.103. The molecule has 0 aromatic carbocycles. The monoisotopic (exact) mass is 244 g/mol. The highest BCUT2D eigenvalue weighted by Crippen LogP contribution is 2.16. The average molecular weight is 244 g/mol. The Morgan fingerprint density at radius 3 is 2.56 bits per heavy atom. The van der Waals surface area contributed by atoms with E-state index in [1.54, 1.807) is 24.7 Å². The van der Waals surface area contributed by atoms with Gasteiger partial charge in [-0.15, -0.1) is 0 Å². The second-order valence-electron chi connectivity index (χ2n) is 4.06. The molecule has 18 heavy (non-hydrogen) atoms. The summed E-state index contributed by atoms with van der Waals surface area (Å²) < 4.78 is 5.64. The van der Waals surface area contributed by atoms with E-state index < -0.39 is 0 Å². The van der Waals surface area contributed by atoms with Gasteiger partial charge in [0.25, 0.3) is 0 Å². The van der Waals surface area contributed by atoms with Gasteiger partial charge in [0.2, 0.25) is 11.8 Å².